The van der Waals surface area contributed by atoms with Gasteiger partial charge in [0, 0.05) is 30.8 Å². The zero-order valence-electron chi connectivity index (χ0n) is 16.5. The van der Waals surface area contributed by atoms with E-state index in [9.17, 15) is 14.4 Å². The highest BCUT2D eigenvalue weighted by atomic mass is 16.3. The molecule has 152 valence electrons. The molecule has 1 N–H and O–H groups in total. The van der Waals surface area contributed by atoms with Gasteiger partial charge in [-0.05, 0) is 48.9 Å². The number of amides is 2. The molecule has 1 aliphatic carbocycles. The van der Waals surface area contributed by atoms with Crippen LogP contribution in [0.3, 0.4) is 0 Å². The molecule has 2 fully saturated rings. The van der Waals surface area contributed by atoms with Crippen LogP contribution in [-0.2, 0) is 4.79 Å². The van der Waals surface area contributed by atoms with Crippen molar-refractivity contribution in [3.8, 4) is 0 Å². The number of carbonyl (C=O) groups excluding carboxylic acids is 2. The molecule has 6 heteroatoms. The highest BCUT2D eigenvalue weighted by Crippen LogP contribution is 2.59. The lowest BCUT2D eigenvalue weighted by Gasteiger charge is -2.32. The summed E-state index contributed by atoms with van der Waals surface area (Å²) in [6.07, 6.45) is 2.42. The summed E-state index contributed by atoms with van der Waals surface area (Å²) in [4.78, 5) is 39.5. The molecule has 1 aliphatic heterocycles. The smallest absolute Gasteiger partial charge is 0.289 e. The molecule has 2 aliphatic rings. The van der Waals surface area contributed by atoms with Crippen LogP contribution in [0, 0.1) is 11.3 Å². The molecule has 2 aromatic carbocycles. The van der Waals surface area contributed by atoms with Crippen LogP contribution in [0.5, 0.6) is 0 Å². The number of benzene rings is 2. The van der Waals surface area contributed by atoms with Crippen LogP contribution in [0.15, 0.2) is 69.9 Å². The first-order chi connectivity index (χ1) is 14.6. The van der Waals surface area contributed by atoms with Crippen molar-refractivity contribution in [2.24, 2.45) is 11.3 Å². The van der Waals surface area contributed by atoms with Gasteiger partial charge >= 0.3 is 0 Å². The fourth-order valence-corrected chi connectivity index (χ4v) is 4.54. The molecule has 0 bridgehead atoms. The quantitative estimate of drug-likeness (QED) is 0.725. The van der Waals surface area contributed by atoms with E-state index >= 15 is 0 Å². The Balaban J connectivity index is 1.24. The monoisotopic (exact) mass is 402 g/mol. The minimum atomic E-state index is -0.265. The summed E-state index contributed by atoms with van der Waals surface area (Å²) >= 11 is 0. The van der Waals surface area contributed by atoms with Crippen LogP contribution >= 0.6 is 0 Å². The van der Waals surface area contributed by atoms with E-state index < -0.39 is 0 Å². The maximum atomic E-state index is 12.9. The Hall–Kier alpha value is -3.41. The third kappa shape index (κ3) is 3.28. The lowest BCUT2D eigenvalue weighted by Crippen LogP contribution is -2.40. The molecule has 1 spiro atoms. The van der Waals surface area contributed by atoms with Gasteiger partial charge in [0.05, 0.1) is 5.39 Å². The van der Waals surface area contributed by atoms with E-state index in [1.165, 1.54) is 6.07 Å². The van der Waals surface area contributed by atoms with Crippen molar-refractivity contribution in [3.05, 3.63) is 76.6 Å². The Morgan fingerprint density at radius 1 is 1.00 bits per heavy atom. The summed E-state index contributed by atoms with van der Waals surface area (Å²) in [5.74, 6) is -0.141. The molecule has 0 radical (unpaired) electrons. The summed E-state index contributed by atoms with van der Waals surface area (Å²) < 4.78 is 5.70. The van der Waals surface area contributed by atoms with Gasteiger partial charge < -0.3 is 14.6 Å². The lowest BCUT2D eigenvalue weighted by atomic mass is 9.90. The predicted molar refractivity (Wildman–Crippen MR) is 113 cm³/mol. The van der Waals surface area contributed by atoms with E-state index in [0.717, 1.165) is 24.9 Å². The summed E-state index contributed by atoms with van der Waals surface area (Å²) in [7, 11) is 0. The summed E-state index contributed by atoms with van der Waals surface area (Å²) in [5.41, 5.74) is 0.999. The zero-order chi connectivity index (χ0) is 20.7. The van der Waals surface area contributed by atoms with E-state index in [-0.39, 0.29) is 34.3 Å². The van der Waals surface area contributed by atoms with Gasteiger partial charge in [-0.15, -0.1) is 0 Å². The number of fused-ring (bicyclic) bond motifs is 1. The number of para-hydroxylation sites is 2. The first kappa shape index (κ1) is 18.6. The van der Waals surface area contributed by atoms with Crippen molar-refractivity contribution in [2.45, 2.75) is 19.3 Å². The number of nitrogens with one attached hydrogen (secondary N) is 1. The summed E-state index contributed by atoms with van der Waals surface area (Å²) in [6, 6.07) is 17.7. The van der Waals surface area contributed by atoms with Crippen LogP contribution in [0.1, 0.15) is 29.8 Å². The van der Waals surface area contributed by atoms with Gasteiger partial charge in [0.2, 0.25) is 5.91 Å². The maximum absolute atomic E-state index is 12.9. The minimum Gasteiger partial charge on any atom is -0.451 e. The SMILES string of the molecule is O=C(Nc1ccccc1)[C@@H]1CC12CCN(C(=O)c1cc(=O)c3ccccc3o1)CC2. The summed E-state index contributed by atoms with van der Waals surface area (Å²) in [5, 5.41) is 3.46. The molecule has 0 unspecified atom stereocenters. The number of hydrogen-bond donors (Lipinski definition) is 1. The average Bonchev–Trinajstić information content (AvgIpc) is 3.48. The zero-order valence-corrected chi connectivity index (χ0v) is 16.5. The lowest BCUT2D eigenvalue weighted by molar-refractivity contribution is -0.118. The predicted octanol–water partition coefficient (Wildman–Crippen LogP) is 3.67. The van der Waals surface area contributed by atoms with Crippen LogP contribution < -0.4 is 10.7 Å². The Kier molecular flexibility index (Phi) is 4.42. The first-order valence-electron chi connectivity index (χ1n) is 10.2. The van der Waals surface area contributed by atoms with Crippen molar-refractivity contribution in [1.29, 1.82) is 0 Å². The van der Waals surface area contributed by atoms with Gasteiger partial charge in [-0.1, -0.05) is 30.3 Å². The molecule has 1 saturated carbocycles. The van der Waals surface area contributed by atoms with E-state index in [4.69, 9.17) is 4.42 Å². The molecule has 6 nitrogen and oxygen atoms in total. The van der Waals surface area contributed by atoms with Crippen LogP contribution in [0.25, 0.3) is 11.0 Å². The molecule has 3 aromatic rings. The highest BCUT2D eigenvalue weighted by molar-refractivity contribution is 5.95. The molecule has 5 rings (SSSR count). The number of nitrogens with zero attached hydrogens (tertiary/aromatic N) is 1. The third-order valence-electron chi connectivity index (χ3n) is 6.44. The van der Waals surface area contributed by atoms with Crippen molar-refractivity contribution >= 4 is 28.5 Å². The largest absolute Gasteiger partial charge is 0.451 e. The van der Waals surface area contributed by atoms with E-state index in [2.05, 4.69) is 5.32 Å². The molecule has 2 amide bonds. The Labute approximate surface area is 173 Å². The average molecular weight is 402 g/mol. The number of piperidine rings is 1. The van der Waals surface area contributed by atoms with Gasteiger partial charge in [0.15, 0.2) is 11.2 Å². The summed E-state index contributed by atoms with van der Waals surface area (Å²) in [6.45, 7) is 1.12. The molecule has 30 heavy (non-hydrogen) atoms. The van der Waals surface area contributed by atoms with Crippen molar-refractivity contribution in [1.82, 2.24) is 4.90 Å². The molecular formula is C24H22N2O4. The molecule has 1 saturated heterocycles. The maximum Gasteiger partial charge on any atom is 0.289 e. The fraction of sp³-hybridized carbons (Fsp3) is 0.292. The van der Waals surface area contributed by atoms with E-state index in [1.807, 2.05) is 30.3 Å². The normalized spacial score (nSPS) is 19.6. The Morgan fingerprint density at radius 2 is 1.70 bits per heavy atom. The first-order valence-corrected chi connectivity index (χ1v) is 10.2. The van der Waals surface area contributed by atoms with Crippen LogP contribution in [-0.4, -0.2) is 29.8 Å². The van der Waals surface area contributed by atoms with Crippen LogP contribution in [0.2, 0.25) is 0 Å². The van der Waals surface area contributed by atoms with Gasteiger partial charge in [0.1, 0.15) is 5.58 Å². The van der Waals surface area contributed by atoms with E-state index in [1.54, 1.807) is 29.2 Å². The van der Waals surface area contributed by atoms with Crippen molar-refractivity contribution < 1.29 is 14.0 Å². The Bertz CT molecular complexity index is 1180. The fourth-order valence-electron chi connectivity index (χ4n) is 4.54. The number of rotatable bonds is 3. The second kappa shape index (κ2) is 7.13. The molecular weight excluding hydrogens is 380 g/mol. The van der Waals surface area contributed by atoms with Crippen LogP contribution in [0.4, 0.5) is 5.69 Å². The van der Waals surface area contributed by atoms with Crippen molar-refractivity contribution in [2.75, 3.05) is 18.4 Å². The molecule has 1 aromatic heterocycles. The third-order valence-corrected chi connectivity index (χ3v) is 6.44. The van der Waals surface area contributed by atoms with Gasteiger partial charge in [0.25, 0.3) is 5.91 Å². The van der Waals surface area contributed by atoms with E-state index in [0.29, 0.717) is 24.1 Å². The van der Waals surface area contributed by atoms with Gasteiger partial charge in [-0.3, -0.25) is 14.4 Å². The standard InChI is InChI=1S/C24H22N2O4/c27-19-14-21(30-20-9-5-4-8-17(19)20)23(29)26-12-10-24(11-13-26)15-18(24)22(28)25-16-6-2-1-3-7-16/h1-9,14,18H,10-13,15H2,(H,25,28)/t18-/m0/s1. The van der Waals surface area contributed by atoms with Crippen molar-refractivity contribution in [3.63, 3.8) is 0 Å². The topological polar surface area (TPSA) is 79.6 Å². The minimum absolute atomic E-state index is 0.00596. The Morgan fingerprint density at radius 3 is 2.47 bits per heavy atom. The van der Waals surface area contributed by atoms with Gasteiger partial charge in [-0.25, -0.2) is 0 Å². The number of carbonyl (C=O) groups is 2. The second-order valence-electron chi connectivity index (χ2n) is 8.24. The van der Waals surface area contributed by atoms with Gasteiger partial charge in [-0.2, -0.15) is 0 Å². The number of hydrogen-bond acceptors (Lipinski definition) is 4. The molecule has 2 heterocycles. The molecule has 1 atom stereocenters. The number of anilines is 1. The number of likely N-dealkylation sites (tertiary alicyclic amines) is 1. The second-order valence-corrected chi connectivity index (χ2v) is 8.24. The highest BCUT2D eigenvalue weighted by Gasteiger charge is 2.58.